The fourth-order valence-corrected chi connectivity index (χ4v) is 2.98. The first-order chi connectivity index (χ1) is 10.9. The van der Waals surface area contributed by atoms with E-state index < -0.39 is 4.92 Å². The van der Waals surface area contributed by atoms with E-state index in [9.17, 15) is 14.9 Å². The molecule has 0 saturated heterocycles. The molecular formula is C15H15ClN4O3. The molecule has 0 amide bonds. The van der Waals surface area contributed by atoms with Gasteiger partial charge in [-0.2, -0.15) is 0 Å². The molecule has 1 aliphatic heterocycles. The first-order valence-electron chi connectivity index (χ1n) is 7.18. The maximum atomic E-state index is 12.0. The van der Waals surface area contributed by atoms with Crippen molar-refractivity contribution in [3.05, 3.63) is 66.3 Å². The monoisotopic (exact) mass is 334 g/mol. The number of nitrogens with zero attached hydrogens (tertiary/aromatic N) is 3. The van der Waals surface area contributed by atoms with Crippen molar-refractivity contribution < 1.29 is 4.92 Å². The van der Waals surface area contributed by atoms with Crippen molar-refractivity contribution in [3.63, 3.8) is 0 Å². The van der Waals surface area contributed by atoms with Gasteiger partial charge < -0.3 is 4.98 Å². The molecule has 23 heavy (non-hydrogen) atoms. The van der Waals surface area contributed by atoms with Crippen molar-refractivity contribution in [2.45, 2.75) is 26.4 Å². The molecular weight excluding hydrogens is 320 g/mol. The van der Waals surface area contributed by atoms with Gasteiger partial charge in [0, 0.05) is 32.1 Å². The summed E-state index contributed by atoms with van der Waals surface area (Å²) in [5.41, 5.74) is 2.09. The first kappa shape index (κ1) is 15.6. The highest BCUT2D eigenvalue weighted by Crippen LogP contribution is 2.26. The molecule has 7 nitrogen and oxygen atoms in total. The smallest absolute Gasteiger partial charge is 0.288 e. The molecule has 0 spiro atoms. The van der Waals surface area contributed by atoms with Crippen LogP contribution in [0.5, 0.6) is 0 Å². The number of hydrogen-bond donors (Lipinski definition) is 1. The van der Waals surface area contributed by atoms with E-state index in [2.05, 4.69) is 14.9 Å². The van der Waals surface area contributed by atoms with Crippen LogP contribution in [0.1, 0.15) is 22.6 Å². The quantitative estimate of drug-likeness (QED) is 0.686. The van der Waals surface area contributed by atoms with Crippen LogP contribution in [0.2, 0.25) is 5.02 Å². The largest absolute Gasteiger partial charge is 0.310 e. The zero-order valence-electron chi connectivity index (χ0n) is 12.5. The van der Waals surface area contributed by atoms with E-state index >= 15 is 0 Å². The van der Waals surface area contributed by atoms with Crippen LogP contribution in [0.4, 0.5) is 5.69 Å². The zero-order valence-corrected chi connectivity index (χ0v) is 13.3. The van der Waals surface area contributed by atoms with E-state index in [-0.39, 0.29) is 16.3 Å². The van der Waals surface area contributed by atoms with Gasteiger partial charge in [-0.15, -0.1) is 0 Å². The second-order valence-electron chi connectivity index (χ2n) is 5.58. The maximum Gasteiger partial charge on any atom is 0.288 e. The van der Waals surface area contributed by atoms with Crippen LogP contribution in [0, 0.1) is 17.0 Å². The molecule has 120 valence electrons. The summed E-state index contributed by atoms with van der Waals surface area (Å²) < 4.78 is 0. The summed E-state index contributed by atoms with van der Waals surface area (Å²) in [6, 6.07) is 4.78. The van der Waals surface area contributed by atoms with Gasteiger partial charge in [-0.05, 0) is 18.6 Å². The molecule has 0 atom stereocenters. The van der Waals surface area contributed by atoms with Gasteiger partial charge in [0.05, 0.1) is 16.2 Å². The van der Waals surface area contributed by atoms with Gasteiger partial charge in [0.25, 0.3) is 11.2 Å². The third-order valence-corrected chi connectivity index (χ3v) is 4.20. The number of aromatic amines is 1. The predicted molar refractivity (Wildman–Crippen MR) is 85.5 cm³/mol. The van der Waals surface area contributed by atoms with E-state index in [1.807, 2.05) is 0 Å². The number of H-pyrrole nitrogens is 1. The van der Waals surface area contributed by atoms with Crippen molar-refractivity contribution in [2.75, 3.05) is 6.54 Å². The van der Waals surface area contributed by atoms with Crippen LogP contribution in [0.15, 0.2) is 23.0 Å². The highest BCUT2D eigenvalue weighted by Gasteiger charge is 2.21. The van der Waals surface area contributed by atoms with E-state index in [4.69, 9.17) is 11.6 Å². The molecule has 0 aliphatic carbocycles. The molecule has 1 aromatic heterocycles. The molecule has 2 aromatic rings. The van der Waals surface area contributed by atoms with Crippen LogP contribution >= 0.6 is 11.6 Å². The first-order valence-corrected chi connectivity index (χ1v) is 7.55. The Bertz CT molecular complexity index is 834. The lowest BCUT2D eigenvalue weighted by atomic mass is 10.1. The number of aryl methyl sites for hydroxylation is 1. The Morgan fingerprint density at radius 2 is 2.26 bits per heavy atom. The van der Waals surface area contributed by atoms with Crippen LogP contribution in [0.25, 0.3) is 0 Å². The van der Waals surface area contributed by atoms with Gasteiger partial charge in [0.15, 0.2) is 0 Å². The Morgan fingerprint density at radius 3 is 3.00 bits per heavy atom. The summed E-state index contributed by atoms with van der Waals surface area (Å²) in [5, 5.41) is 11.1. The zero-order chi connectivity index (χ0) is 16.6. The third-order valence-electron chi connectivity index (χ3n) is 3.88. The minimum Gasteiger partial charge on any atom is -0.310 e. The molecule has 0 unspecified atom stereocenters. The van der Waals surface area contributed by atoms with Gasteiger partial charge in [-0.1, -0.05) is 17.7 Å². The molecule has 1 aliphatic rings. The number of nitrogens with one attached hydrogen (secondary N) is 1. The summed E-state index contributed by atoms with van der Waals surface area (Å²) in [7, 11) is 0. The Morgan fingerprint density at radius 1 is 1.48 bits per heavy atom. The molecule has 0 saturated carbocycles. The van der Waals surface area contributed by atoms with Gasteiger partial charge in [-0.3, -0.25) is 19.8 Å². The summed E-state index contributed by atoms with van der Waals surface area (Å²) >= 11 is 5.83. The Balaban J connectivity index is 1.81. The fraction of sp³-hybridized carbons (Fsp3) is 0.333. The summed E-state index contributed by atoms with van der Waals surface area (Å²) in [6.45, 7) is 3.51. The molecule has 0 bridgehead atoms. The van der Waals surface area contributed by atoms with Crippen molar-refractivity contribution in [1.82, 2.24) is 14.9 Å². The lowest BCUT2D eigenvalue weighted by Crippen LogP contribution is -2.35. The van der Waals surface area contributed by atoms with E-state index in [1.165, 1.54) is 12.1 Å². The fourth-order valence-electron chi connectivity index (χ4n) is 2.79. The molecule has 1 aromatic carbocycles. The summed E-state index contributed by atoms with van der Waals surface area (Å²) in [6.07, 6.45) is 0.690. The van der Waals surface area contributed by atoms with Gasteiger partial charge in [-0.25, -0.2) is 4.98 Å². The number of hydrogen-bond acceptors (Lipinski definition) is 5. The van der Waals surface area contributed by atoms with Crippen LogP contribution in [-0.2, 0) is 19.5 Å². The summed E-state index contributed by atoms with van der Waals surface area (Å²) in [4.78, 5) is 31.7. The Hall–Kier alpha value is -2.25. The second-order valence-corrected chi connectivity index (χ2v) is 5.99. The van der Waals surface area contributed by atoms with Crippen LogP contribution < -0.4 is 5.56 Å². The average Bonchev–Trinajstić information content (AvgIpc) is 2.49. The lowest BCUT2D eigenvalue weighted by Gasteiger charge is -2.27. The number of nitro benzene ring substituents is 1. The van der Waals surface area contributed by atoms with Crippen LogP contribution in [-0.4, -0.2) is 26.3 Å². The molecule has 0 fully saturated rings. The number of rotatable bonds is 3. The maximum absolute atomic E-state index is 12.0. The Labute approximate surface area is 137 Å². The van der Waals surface area contributed by atoms with Gasteiger partial charge >= 0.3 is 0 Å². The molecule has 2 heterocycles. The number of aromatic nitrogens is 2. The SMILES string of the molecule is Cc1nc2c(c(=O)[nH]1)CN(Cc1ccc(Cl)c([N+](=O)[O-])c1)CC2. The molecule has 8 heteroatoms. The standard InChI is InChI=1S/C15H15ClN4O3/c1-9-17-13-4-5-19(8-11(13)15(21)18-9)7-10-2-3-12(16)14(6-10)20(22)23/h2-3,6H,4-5,7-8H2,1H3,(H,17,18,21). The normalized spacial score (nSPS) is 14.5. The van der Waals surface area contributed by atoms with Crippen molar-refractivity contribution >= 4 is 17.3 Å². The van der Waals surface area contributed by atoms with Crippen molar-refractivity contribution in [1.29, 1.82) is 0 Å². The van der Waals surface area contributed by atoms with Crippen LogP contribution in [0.3, 0.4) is 0 Å². The summed E-state index contributed by atoms with van der Waals surface area (Å²) in [5.74, 6) is 0.621. The minimum absolute atomic E-state index is 0.100. The molecule has 3 rings (SSSR count). The topological polar surface area (TPSA) is 92.1 Å². The minimum atomic E-state index is -0.491. The third kappa shape index (κ3) is 3.25. The van der Waals surface area contributed by atoms with E-state index in [0.717, 1.165) is 17.8 Å². The van der Waals surface area contributed by atoms with Crippen molar-refractivity contribution in [2.24, 2.45) is 0 Å². The molecule has 1 N–H and O–H groups in total. The second kappa shape index (κ2) is 6.10. The number of fused-ring (bicyclic) bond motifs is 1. The lowest BCUT2D eigenvalue weighted by molar-refractivity contribution is -0.384. The number of halogens is 1. The van der Waals surface area contributed by atoms with Gasteiger partial charge in [0.1, 0.15) is 10.8 Å². The van der Waals surface area contributed by atoms with E-state index in [1.54, 1.807) is 13.0 Å². The molecule has 0 radical (unpaired) electrons. The predicted octanol–water partition coefficient (Wildman–Crippen LogP) is 2.20. The average molecular weight is 335 g/mol. The van der Waals surface area contributed by atoms with E-state index in [0.29, 0.717) is 30.9 Å². The van der Waals surface area contributed by atoms with Gasteiger partial charge in [0.2, 0.25) is 0 Å². The highest BCUT2D eigenvalue weighted by atomic mass is 35.5. The highest BCUT2D eigenvalue weighted by molar-refractivity contribution is 6.32. The number of benzene rings is 1. The Kier molecular flexibility index (Phi) is 4.14. The number of nitro groups is 1. The van der Waals surface area contributed by atoms with Crippen molar-refractivity contribution in [3.8, 4) is 0 Å².